The number of benzene rings is 2. The molecule has 0 atom stereocenters. The summed E-state index contributed by atoms with van der Waals surface area (Å²) in [6.45, 7) is 1.86. The number of hydrogen-bond donors (Lipinski definition) is 0. The molecule has 0 fully saturated rings. The van der Waals surface area contributed by atoms with Gasteiger partial charge in [-0.1, -0.05) is 18.2 Å². The third kappa shape index (κ3) is 2.40. The Morgan fingerprint density at radius 2 is 1.88 bits per heavy atom. The Balaban J connectivity index is 1.71. The van der Waals surface area contributed by atoms with Gasteiger partial charge in [0.05, 0.1) is 5.56 Å². The molecule has 0 N–H and O–H groups in total. The first-order chi connectivity index (χ1) is 11.6. The molecule has 0 radical (unpaired) electrons. The maximum Gasteiger partial charge on any atom is 0.343 e. The molecule has 0 saturated heterocycles. The monoisotopic (exact) mass is 320 g/mol. The Morgan fingerprint density at radius 1 is 1.08 bits per heavy atom. The van der Waals surface area contributed by atoms with Gasteiger partial charge in [-0.3, -0.25) is 0 Å². The van der Waals surface area contributed by atoms with Gasteiger partial charge >= 0.3 is 11.6 Å². The minimum atomic E-state index is -0.420. The minimum absolute atomic E-state index is 0.280. The van der Waals surface area contributed by atoms with Crippen LogP contribution < -0.4 is 10.4 Å². The van der Waals surface area contributed by atoms with Crippen LogP contribution in [0.1, 0.15) is 33.5 Å². The van der Waals surface area contributed by atoms with Gasteiger partial charge in [0.25, 0.3) is 0 Å². The second-order valence-corrected chi connectivity index (χ2v) is 6.06. The number of rotatable bonds is 2. The molecule has 0 spiro atoms. The molecule has 0 aliphatic heterocycles. The molecule has 0 bridgehead atoms. The summed E-state index contributed by atoms with van der Waals surface area (Å²) in [4.78, 5) is 24.4. The van der Waals surface area contributed by atoms with Crippen LogP contribution in [0.3, 0.4) is 0 Å². The first kappa shape index (κ1) is 14.7. The highest BCUT2D eigenvalue weighted by atomic mass is 16.5. The van der Waals surface area contributed by atoms with E-state index in [-0.39, 0.29) is 5.63 Å². The van der Waals surface area contributed by atoms with Crippen LogP contribution in [-0.4, -0.2) is 5.97 Å². The van der Waals surface area contributed by atoms with Gasteiger partial charge in [-0.05, 0) is 55.5 Å². The summed E-state index contributed by atoms with van der Waals surface area (Å²) in [7, 11) is 0. The summed E-state index contributed by atoms with van der Waals surface area (Å²) < 4.78 is 10.9. The standard InChI is InChI=1S/C20H16O4/c1-12-5-2-3-6-14(12)19(21)23-13-9-10-16-15-7-4-8-17(15)20(22)24-18(16)11-13/h2-3,5-6,9-11H,4,7-8H2,1H3. The van der Waals surface area contributed by atoms with Crippen LogP contribution in [-0.2, 0) is 12.8 Å². The molecule has 1 aromatic heterocycles. The number of carbonyl (C=O) groups is 1. The fourth-order valence-electron chi connectivity index (χ4n) is 3.29. The van der Waals surface area contributed by atoms with Crippen molar-refractivity contribution in [1.29, 1.82) is 0 Å². The second-order valence-electron chi connectivity index (χ2n) is 6.06. The average Bonchev–Trinajstić information content (AvgIpc) is 3.05. The van der Waals surface area contributed by atoms with E-state index in [0.29, 0.717) is 16.9 Å². The maximum absolute atomic E-state index is 12.3. The molecule has 3 aromatic rings. The lowest BCUT2D eigenvalue weighted by Crippen LogP contribution is -2.10. The minimum Gasteiger partial charge on any atom is -0.423 e. The molecule has 1 aliphatic carbocycles. The Kier molecular flexibility index (Phi) is 3.45. The highest BCUT2D eigenvalue weighted by molar-refractivity contribution is 5.93. The molecule has 0 unspecified atom stereocenters. The SMILES string of the molecule is Cc1ccccc1C(=O)Oc1ccc2c3c(c(=O)oc2c1)CCC3. The number of carbonyl (C=O) groups excluding carboxylic acids is 1. The Morgan fingerprint density at radius 3 is 2.71 bits per heavy atom. The quantitative estimate of drug-likeness (QED) is 0.409. The lowest BCUT2D eigenvalue weighted by molar-refractivity contribution is 0.0734. The predicted molar refractivity (Wildman–Crippen MR) is 90.6 cm³/mol. The van der Waals surface area contributed by atoms with Gasteiger partial charge in [-0.25, -0.2) is 9.59 Å². The lowest BCUT2D eigenvalue weighted by Gasteiger charge is -2.08. The first-order valence-electron chi connectivity index (χ1n) is 8.00. The molecule has 0 saturated carbocycles. The maximum atomic E-state index is 12.3. The summed E-state index contributed by atoms with van der Waals surface area (Å²) in [5.74, 6) is -0.0483. The molecule has 1 heterocycles. The van der Waals surface area contributed by atoms with E-state index < -0.39 is 5.97 Å². The number of hydrogen-bond acceptors (Lipinski definition) is 4. The van der Waals surface area contributed by atoms with Gasteiger partial charge in [0.2, 0.25) is 0 Å². The van der Waals surface area contributed by atoms with Gasteiger partial charge in [0.1, 0.15) is 11.3 Å². The molecule has 120 valence electrons. The van der Waals surface area contributed by atoms with Crippen molar-refractivity contribution in [3.8, 4) is 5.75 Å². The summed E-state index contributed by atoms with van der Waals surface area (Å²) in [5.41, 5.74) is 3.42. The van der Waals surface area contributed by atoms with Crippen LogP contribution in [0, 0.1) is 6.92 Å². The van der Waals surface area contributed by atoms with E-state index in [1.807, 2.05) is 25.1 Å². The average molecular weight is 320 g/mol. The van der Waals surface area contributed by atoms with Gasteiger partial charge in [-0.15, -0.1) is 0 Å². The molecule has 4 rings (SSSR count). The van der Waals surface area contributed by atoms with E-state index in [1.165, 1.54) is 0 Å². The van der Waals surface area contributed by atoms with E-state index in [0.717, 1.165) is 41.3 Å². The van der Waals surface area contributed by atoms with Crippen molar-refractivity contribution in [2.24, 2.45) is 0 Å². The summed E-state index contributed by atoms with van der Waals surface area (Å²) >= 11 is 0. The summed E-state index contributed by atoms with van der Waals surface area (Å²) in [6.07, 6.45) is 2.64. The highest BCUT2D eigenvalue weighted by Gasteiger charge is 2.20. The van der Waals surface area contributed by atoms with Gasteiger partial charge in [0, 0.05) is 17.0 Å². The zero-order valence-corrected chi connectivity index (χ0v) is 13.3. The zero-order valence-electron chi connectivity index (χ0n) is 13.3. The normalized spacial score (nSPS) is 13.0. The number of aryl methyl sites for hydroxylation is 2. The molecule has 24 heavy (non-hydrogen) atoms. The van der Waals surface area contributed by atoms with Crippen molar-refractivity contribution in [1.82, 2.24) is 0 Å². The summed E-state index contributed by atoms with van der Waals surface area (Å²) in [5, 5.41) is 0.929. The van der Waals surface area contributed by atoms with E-state index in [4.69, 9.17) is 9.15 Å². The second kappa shape index (κ2) is 5.64. The van der Waals surface area contributed by atoms with Crippen molar-refractivity contribution in [3.63, 3.8) is 0 Å². The predicted octanol–water partition coefficient (Wildman–Crippen LogP) is 3.81. The third-order valence-corrected chi connectivity index (χ3v) is 4.52. The molecule has 4 heteroatoms. The largest absolute Gasteiger partial charge is 0.423 e. The van der Waals surface area contributed by atoms with E-state index >= 15 is 0 Å². The van der Waals surface area contributed by atoms with E-state index in [1.54, 1.807) is 24.3 Å². The molecule has 2 aromatic carbocycles. The van der Waals surface area contributed by atoms with Crippen LogP contribution in [0.15, 0.2) is 51.7 Å². The van der Waals surface area contributed by atoms with Crippen molar-refractivity contribution < 1.29 is 13.9 Å². The van der Waals surface area contributed by atoms with Gasteiger partial charge in [0.15, 0.2) is 0 Å². The van der Waals surface area contributed by atoms with Gasteiger partial charge in [-0.2, -0.15) is 0 Å². The van der Waals surface area contributed by atoms with Crippen LogP contribution in [0.5, 0.6) is 5.75 Å². The van der Waals surface area contributed by atoms with Crippen molar-refractivity contribution in [2.45, 2.75) is 26.2 Å². The number of esters is 1. The zero-order chi connectivity index (χ0) is 16.7. The van der Waals surface area contributed by atoms with Crippen LogP contribution >= 0.6 is 0 Å². The molecule has 4 nitrogen and oxygen atoms in total. The fraction of sp³-hybridized carbons (Fsp3) is 0.200. The Hall–Kier alpha value is -2.88. The fourth-order valence-corrected chi connectivity index (χ4v) is 3.29. The molecular formula is C20H16O4. The summed E-state index contributed by atoms with van der Waals surface area (Å²) in [6, 6.07) is 12.5. The smallest absolute Gasteiger partial charge is 0.343 e. The topological polar surface area (TPSA) is 56.5 Å². The lowest BCUT2D eigenvalue weighted by atomic mass is 10.1. The van der Waals surface area contributed by atoms with Crippen molar-refractivity contribution >= 4 is 16.9 Å². The van der Waals surface area contributed by atoms with Gasteiger partial charge < -0.3 is 9.15 Å². The molecule has 1 aliphatic rings. The van der Waals surface area contributed by atoms with Crippen LogP contribution in [0.4, 0.5) is 0 Å². The van der Waals surface area contributed by atoms with E-state index in [2.05, 4.69) is 0 Å². The van der Waals surface area contributed by atoms with Crippen molar-refractivity contribution in [3.05, 3.63) is 75.1 Å². The van der Waals surface area contributed by atoms with E-state index in [9.17, 15) is 9.59 Å². The Bertz CT molecular complexity index is 1010. The van der Waals surface area contributed by atoms with Crippen LogP contribution in [0.25, 0.3) is 11.0 Å². The molecule has 0 amide bonds. The number of ether oxygens (including phenoxy) is 1. The molecular weight excluding hydrogens is 304 g/mol. The first-order valence-corrected chi connectivity index (χ1v) is 8.00. The highest BCUT2D eigenvalue weighted by Crippen LogP contribution is 2.29. The van der Waals surface area contributed by atoms with Crippen molar-refractivity contribution in [2.75, 3.05) is 0 Å². The third-order valence-electron chi connectivity index (χ3n) is 4.52. The number of fused-ring (bicyclic) bond motifs is 3. The Labute approximate surface area is 138 Å². The van der Waals surface area contributed by atoms with Crippen LogP contribution in [0.2, 0.25) is 0 Å².